The van der Waals surface area contributed by atoms with Crippen LogP contribution in [0.2, 0.25) is 0 Å². The monoisotopic (exact) mass is 365 g/mol. The van der Waals surface area contributed by atoms with Gasteiger partial charge in [0.1, 0.15) is 18.3 Å². The largest absolute Gasteiger partial charge is 0.338 e. The Kier molecular flexibility index (Phi) is 4.75. The fourth-order valence-electron chi connectivity index (χ4n) is 3.81. The number of piperidine rings is 1. The first-order valence-electron chi connectivity index (χ1n) is 9.47. The molecule has 1 atom stereocenters. The molecule has 3 heterocycles. The van der Waals surface area contributed by atoms with Crippen molar-refractivity contribution in [2.75, 3.05) is 6.54 Å². The lowest BCUT2D eigenvalue weighted by atomic mass is 10.00. The smallest absolute Gasteiger partial charge is 0.264 e. The second-order valence-corrected chi connectivity index (χ2v) is 6.95. The summed E-state index contributed by atoms with van der Waals surface area (Å²) in [5.41, 5.74) is 1.10. The third-order valence-electron chi connectivity index (χ3n) is 5.28. The van der Waals surface area contributed by atoms with Gasteiger partial charge >= 0.3 is 0 Å². The molecule has 3 aromatic rings. The Morgan fingerprint density at radius 3 is 2.81 bits per heavy atom. The molecular formula is C20H23N5O2. The van der Waals surface area contributed by atoms with Crippen LogP contribution in [0.4, 0.5) is 0 Å². The molecule has 0 unspecified atom stereocenters. The average molecular weight is 365 g/mol. The summed E-state index contributed by atoms with van der Waals surface area (Å²) < 4.78 is 3.03. The molecule has 1 aliphatic rings. The molecule has 0 saturated carbocycles. The molecule has 0 spiro atoms. The minimum absolute atomic E-state index is 0.0137. The summed E-state index contributed by atoms with van der Waals surface area (Å²) in [5, 5.41) is 4.72. The van der Waals surface area contributed by atoms with E-state index in [-0.39, 0.29) is 24.1 Å². The number of aromatic nitrogens is 4. The summed E-state index contributed by atoms with van der Waals surface area (Å²) in [6.45, 7) is 2.90. The van der Waals surface area contributed by atoms with E-state index in [1.54, 1.807) is 4.68 Å². The van der Waals surface area contributed by atoms with Gasteiger partial charge in [0.15, 0.2) is 5.65 Å². The Morgan fingerprint density at radius 2 is 2.04 bits per heavy atom. The minimum Gasteiger partial charge on any atom is -0.338 e. The zero-order chi connectivity index (χ0) is 18.8. The topological polar surface area (TPSA) is 73.0 Å². The number of hydrogen-bond donors (Lipinski definition) is 0. The van der Waals surface area contributed by atoms with E-state index < -0.39 is 0 Å². The number of amides is 1. The highest BCUT2D eigenvalue weighted by Crippen LogP contribution is 2.20. The second kappa shape index (κ2) is 7.34. The number of likely N-dealkylation sites (tertiary alicyclic amines) is 1. The van der Waals surface area contributed by atoms with Gasteiger partial charge in [0.05, 0.1) is 11.9 Å². The van der Waals surface area contributed by atoms with Crippen LogP contribution in [0.1, 0.15) is 32.6 Å². The van der Waals surface area contributed by atoms with Gasteiger partial charge in [0, 0.05) is 12.6 Å². The number of nitrogens with zero attached hydrogens (tertiary/aromatic N) is 5. The molecule has 1 aliphatic heterocycles. The van der Waals surface area contributed by atoms with Crippen molar-refractivity contribution in [3.05, 3.63) is 53.2 Å². The molecule has 0 N–H and O–H groups in total. The lowest BCUT2D eigenvalue weighted by Crippen LogP contribution is -2.45. The first-order valence-corrected chi connectivity index (χ1v) is 9.47. The molecule has 7 heteroatoms. The molecule has 1 amide bonds. The van der Waals surface area contributed by atoms with E-state index in [1.165, 1.54) is 17.1 Å². The maximum Gasteiger partial charge on any atom is 0.264 e. The zero-order valence-electron chi connectivity index (χ0n) is 15.4. The van der Waals surface area contributed by atoms with Crippen molar-refractivity contribution in [1.29, 1.82) is 0 Å². The minimum atomic E-state index is -0.236. The van der Waals surface area contributed by atoms with Crippen LogP contribution < -0.4 is 5.56 Å². The van der Waals surface area contributed by atoms with Gasteiger partial charge in [-0.25, -0.2) is 9.67 Å². The van der Waals surface area contributed by atoms with Gasteiger partial charge in [-0.15, -0.1) is 0 Å². The summed E-state index contributed by atoms with van der Waals surface area (Å²) in [5.74, 6) is -0.0137. The van der Waals surface area contributed by atoms with E-state index in [0.717, 1.165) is 37.9 Å². The van der Waals surface area contributed by atoms with Gasteiger partial charge in [0.2, 0.25) is 5.91 Å². The van der Waals surface area contributed by atoms with Gasteiger partial charge < -0.3 is 4.90 Å². The maximum atomic E-state index is 12.8. The molecule has 1 aromatic carbocycles. The fraction of sp³-hybridized carbons (Fsp3) is 0.400. The van der Waals surface area contributed by atoms with Crippen LogP contribution in [-0.2, 0) is 11.3 Å². The molecule has 27 heavy (non-hydrogen) atoms. The predicted octanol–water partition coefficient (Wildman–Crippen LogP) is 2.37. The first kappa shape index (κ1) is 17.5. The lowest BCUT2D eigenvalue weighted by Gasteiger charge is -2.35. The number of carbonyl (C=O) groups excluding carboxylic acids is 1. The second-order valence-electron chi connectivity index (χ2n) is 6.95. The Balaban J connectivity index is 1.63. The summed E-state index contributed by atoms with van der Waals surface area (Å²) in [4.78, 5) is 31.9. The summed E-state index contributed by atoms with van der Waals surface area (Å²) in [6.07, 6.45) is 7.15. The van der Waals surface area contributed by atoms with Crippen molar-refractivity contribution in [3.63, 3.8) is 0 Å². The normalized spacial score (nSPS) is 17.4. The molecular weight excluding hydrogens is 342 g/mol. The zero-order valence-corrected chi connectivity index (χ0v) is 15.4. The van der Waals surface area contributed by atoms with Crippen molar-refractivity contribution >= 4 is 16.9 Å². The van der Waals surface area contributed by atoms with Crippen LogP contribution in [0.15, 0.2) is 47.7 Å². The molecule has 1 saturated heterocycles. The predicted molar refractivity (Wildman–Crippen MR) is 103 cm³/mol. The number of hydrogen-bond acceptors (Lipinski definition) is 4. The van der Waals surface area contributed by atoms with Crippen LogP contribution >= 0.6 is 0 Å². The van der Waals surface area contributed by atoms with Crippen LogP contribution in [0.3, 0.4) is 0 Å². The van der Waals surface area contributed by atoms with Gasteiger partial charge in [-0.2, -0.15) is 5.10 Å². The van der Waals surface area contributed by atoms with E-state index >= 15 is 0 Å². The molecule has 7 nitrogen and oxygen atoms in total. The van der Waals surface area contributed by atoms with Crippen LogP contribution in [0, 0.1) is 0 Å². The van der Waals surface area contributed by atoms with Crippen molar-refractivity contribution in [2.24, 2.45) is 0 Å². The molecule has 140 valence electrons. The van der Waals surface area contributed by atoms with Crippen molar-refractivity contribution in [2.45, 2.75) is 45.2 Å². The molecule has 0 aliphatic carbocycles. The maximum absolute atomic E-state index is 12.8. The van der Waals surface area contributed by atoms with E-state index in [9.17, 15) is 9.59 Å². The molecule has 1 fully saturated rings. The third-order valence-corrected chi connectivity index (χ3v) is 5.28. The highest BCUT2D eigenvalue weighted by atomic mass is 16.2. The van der Waals surface area contributed by atoms with Crippen molar-refractivity contribution < 1.29 is 4.79 Å². The Morgan fingerprint density at radius 1 is 1.22 bits per heavy atom. The molecule has 4 rings (SSSR count). The lowest BCUT2D eigenvalue weighted by molar-refractivity contribution is -0.135. The van der Waals surface area contributed by atoms with Crippen LogP contribution in [0.25, 0.3) is 16.7 Å². The van der Waals surface area contributed by atoms with E-state index in [0.29, 0.717) is 11.0 Å². The Labute approximate surface area is 157 Å². The molecule has 0 bridgehead atoms. The van der Waals surface area contributed by atoms with Gasteiger partial charge in [-0.1, -0.05) is 25.1 Å². The van der Waals surface area contributed by atoms with Gasteiger partial charge in [-0.05, 0) is 37.8 Å². The molecule has 0 radical (unpaired) electrons. The van der Waals surface area contributed by atoms with E-state index in [1.807, 2.05) is 35.2 Å². The van der Waals surface area contributed by atoms with Crippen LogP contribution in [-0.4, -0.2) is 42.7 Å². The number of carbonyl (C=O) groups is 1. The standard InChI is InChI=1S/C20H23N5O2/c1-2-15-8-6-7-11-24(15)18(26)13-23-14-21-19-17(20(23)27)12-22-25(19)16-9-4-3-5-10-16/h3-5,9-10,12,14-15H,2,6-8,11,13H2,1H3/t15-/m1/s1. The number of para-hydroxylation sites is 1. The average Bonchev–Trinajstić information content (AvgIpc) is 3.15. The number of fused-ring (bicyclic) bond motifs is 1. The Hall–Kier alpha value is -2.96. The first-order chi connectivity index (χ1) is 13.2. The SMILES string of the molecule is CC[C@@H]1CCCCN1C(=O)Cn1cnc2c(cnn2-c2ccccc2)c1=O. The van der Waals surface area contributed by atoms with E-state index in [2.05, 4.69) is 17.0 Å². The number of benzene rings is 1. The van der Waals surface area contributed by atoms with Gasteiger partial charge in [0.25, 0.3) is 5.56 Å². The highest BCUT2D eigenvalue weighted by molar-refractivity contribution is 5.78. The Bertz CT molecular complexity index is 1010. The van der Waals surface area contributed by atoms with Gasteiger partial charge in [-0.3, -0.25) is 14.2 Å². The van der Waals surface area contributed by atoms with Crippen molar-refractivity contribution in [3.8, 4) is 5.69 Å². The summed E-state index contributed by atoms with van der Waals surface area (Å²) in [7, 11) is 0. The van der Waals surface area contributed by atoms with Crippen LogP contribution in [0.5, 0.6) is 0 Å². The van der Waals surface area contributed by atoms with Crippen molar-refractivity contribution in [1.82, 2.24) is 24.2 Å². The third kappa shape index (κ3) is 3.25. The quantitative estimate of drug-likeness (QED) is 0.711. The highest BCUT2D eigenvalue weighted by Gasteiger charge is 2.25. The summed E-state index contributed by atoms with van der Waals surface area (Å²) in [6, 6.07) is 9.83. The number of rotatable bonds is 4. The molecule has 2 aromatic heterocycles. The fourth-order valence-corrected chi connectivity index (χ4v) is 3.81. The van der Waals surface area contributed by atoms with E-state index in [4.69, 9.17) is 0 Å². The summed E-state index contributed by atoms with van der Waals surface area (Å²) >= 11 is 0.